The third-order valence-electron chi connectivity index (χ3n) is 1.56. The molecule has 0 heterocycles. The van der Waals surface area contributed by atoms with Crippen LogP contribution in [0.2, 0.25) is 0 Å². The molecule has 0 spiro atoms. The van der Waals surface area contributed by atoms with Crippen molar-refractivity contribution in [2.45, 2.75) is 39.0 Å². The van der Waals surface area contributed by atoms with E-state index in [0.29, 0.717) is 6.42 Å². The Hall–Kier alpha value is -0.850. The van der Waals surface area contributed by atoms with Crippen molar-refractivity contribution in [1.82, 2.24) is 0 Å². The maximum Gasteiger partial charge on any atom is 0.120 e. The van der Waals surface area contributed by atoms with E-state index in [4.69, 9.17) is 0 Å². The number of allylic oxidation sites excluding steroid dienone is 4. The van der Waals surface area contributed by atoms with Gasteiger partial charge >= 0.3 is 0 Å². The summed E-state index contributed by atoms with van der Waals surface area (Å²) in [5.41, 5.74) is 0. The Balaban J connectivity index is 3.20. The first-order valence-corrected chi connectivity index (χ1v) is 4.67. The molecule has 0 unspecified atom stereocenters. The maximum absolute atomic E-state index is 9.93. The molecule has 1 nitrogen and oxygen atoms in total. The summed E-state index contributed by atoms with van der Waals surface area (Å²) in [6.45, 7) is 2.19. The van der Waals surface area contributed by atoms with Gasteiger partial charge in [0.05, 0.1) is 0 Å². The van der Waals surface area contributed by atoms with Gasteiger partial charge in [0, 0.05) is 6.42 Å². The minimum Gasteiger partial charge on any atom is -0.303 e. The van der Waals surface area contributed by atoms with Crippen molar-refractivity contribution < 1.29 is 4.79 Å². The zero-order valence-electron chi connectivity index (χ0n) is 7.83. The highest BCUT2D eigenvalue weighted by Gasteiger charge is 1.76. The topological polar surface area (TPSA) is 17.1 Å². The number of carbonyl (C=O) groups is 1. The van der Waals surface area contributed by atoms with E-state index >= 15 is 0 Å². The van der Waals surface area contributed by atoms with Crippen LogP contribution in [0, 0.1) is 0 Å². The highest BCUT2D eigenvalue weighted by atomic mass is 16.1. The molecule has 0 saturated carbocycles. The molecule has 0 aromatic heterocycles. The Morgan fingerprint density at radius 1 is 1.00 bits per heavy atom. The molecule has 0 atom stereocenters. The van der Waals surface area contributed by atoms with Crippen molar-refractivity contribution in [3.63, 3.8) is 0 Å². The minimum absolute atomic E-state index is 0.638. The van der Waals surface area contributed by atoms with Gasteiger partial charge < -0.3 is 4.79 Å². The Labute approximate surface area is 75.2 Å². The predicted molar refractivity (Wildman–Crippen MR) is 53.1 cm³/mol. The largest absolute Gasteiger partial charge is 0.303 e. The summed E-state index contributed by atoms with van der Waals surface area (Å²) in [7, 11) is 0. The molecule has 0 rings (SSSR count). The summed E-state index contributed by atoms with van der Waals surface area (Å²) >= 11 is 0. The molecule has 12 heavy (non-hydrogen) atoms. The molecular formula is C11H18O. The zero-order valence-corrected chi connectivity index (χ0v) is 7.83. The summed E-state index contributed by atoms with van der Waals surface area (Å²) in [6.07, 6.45) is 14.4. The lowest BCUT2D eigenvalue weighted by Gasteiger charge is -1.85. The summed E-state index contributed by atoms with van der Waals surface area (Å²) in [6, 6.07) is 0. The summed E-state index contributed by atoms with van der Waals surface area (Å²) in [5, 5.41) is 0. The van der Waals surface area contributed by atoms with Gasteiger partial charge in [-0.3, -0.25) is 0 Å². The number of aldehydes is 1. The molecule has 0 saturated heterocycles. The first kappa shape index (κ1) is 11.2. The van der Waals surface area contributed by atoms with Gasteiger partial charge in [-0.1, -0.05) is 44.1 Å². The molecule has 0 aliphatic rings. The fourth-order valence-corrected chi connectivity index (χ4v) is 0.836. The number of hydrogen-bond donors (Lipinski definition) is 0. The van der Waals surface area contributed by atoms with Crippen molar-refractivity contribution in [3.8, 4) is 0 Å². The maximum atomic E-state index is 9.93. The van der Waals surface area contributed by atoms with E-state index in [0.717, 1.165) is 19.1 Å². The Kier molecular flexibility index (Phi) is 9.43. The number of carbonyl (C=O) groups excluding carboxylic acids is 1. The second-order valence-electron chi connectivity index (χ2n) is 2.74. The van der Waals surface area contributed by atoms with Gasteiger partial charge in [-0.25, -0.2) is 0 Å². The molecule has 0 amide bonds. The fourth-order valence-electron chi connectivity index (χ4n) is 0.836. The van der Waals surface area contributed by atoms with Gasteiger partial charge in [-0.15, -0.1) is 0 Å². The van der Waals surface area contributed by atoms with Gasteiger partial charge in [-0.05, 0) is 12.8 Å². The van der Waals surface area contributed by atoms with Crippen molar-refractivity contribution in [1.29, 1.82) is 0 Å². The fraction of sp³-hybridized carbons (Fsp3) is 0.545. The van der Waals surface area contributed by atoms with E-state index in [2.05, 4.69) is 19.1 Å². The second kappa shape index (κ2) is 10.2. The molecular weight excluding hydrogens is 148 g/mol. The smallest absolute Gasteiger partial charge is 0.120 e. The van der Waals surface area contributed by atoms with Crippen LogP contribution in [-0.4, -0.2) is 6.29 Å². The van der Waals surface area contributed by atoms with Crippen molar-refractivity contribution in [2.24, 2.45) is 0 Å². The predicted octanol–water partition coefficient (Wildman–Crippen LogP) is 3.27. The van der Waals surface area contributed by atoms with Crippen LogP contribution >= 0.6 is 0 Å². The highest BCUT2D eigenvalue weighted by molar-refractivity contribution is 5.49. The monoisotopic (exact) mass is 166 g/mol. The Morgan fingerprint density at radius 3 is 2.25 bits per heavy atom. The third kappa shape index (κ3) is 9.15. The van der Waals surface area contributed by atoms with Crippen molar-refractivity contribution in [2.75, 3.05) is 0 Å². The molecule has 0 bridgehead atoms. The normalized spacial score (nSPS) is 11.4. The zero-order chi connectivity index (χ0) is 9.07. The van der Waals surface area contributed by atoms with Crippen LogP contribution in [0.3, 0.4) is 0 Å². The van der Waals surface area contributed by atoms with E-state index in [-0.39, 0.29) is 0 Å². The van der Waals surface area contributed by atoms with Gasteiger partial charge in [-0.2, -0.15) is 0 Å². The van der Waals surface area contributed by atoms with Crippen LogP contribution in [0.25, 0.3) is 0 Å². The van der Waals surface area contributed by atoms with Crippen LogP contribution < -0.4 is 0 Å². The highest BCUT2D eigenvalue weighted by Crippen LogP contribution is 1.95. The first-order chi connectivity index (χ1) is 5.91. The number of unbranched alkanes of at least 4 members (excludes halogenated alkanes) is 3. The summed E-state index contributed by atoms with van der Waals surface area (Å²) < 4.78 is 0. The molecule has 0 aromatic rings. The Morgan fingerprint density at radius 2 is 1.67 bits per heavy atom. The van der Waals surface area contributed by atoms with Crippen LogP contribution in [-0.2, 0) is 4.79 Å². The van der Waals surface area contributed by atoms with E-state index in [1.54, 1.807) is 0 Å². The van der Waals surface area contributed by atoms with Gasteiger partial charge in [0.1, 0.15) is 6.29 Å². The van der Waals surface area contributed by atoms with Crippen molar-refractivity contribution in [3.05, 3.63) is 24.3 Å². The Bertz CT molecular complexity index is 145. The average Bonchev–Trinajstić information content (AvgIpc) is 2.10. The lowest BCUT2D eigenvalue weighted by molar-refractivity contribution is -0.107. The van der Waals surface area contributed by atoms with Crippen LogP contribution in [0.5, 0.6) is 0 Å². The molecule has 0 aliphatic heterocycles. The molecule has 68 valence electrons. The van der Waals surface area contributed by atoms with E-state index in [9.17, 15) is 4.79 Å². The van der Waals surface area contributed by atoms with Crippen molar-refractivity contribution >= 4 is 6.29 Å². The quantitative estimate of drug-likeness (QED) is 0.322. The molecule has 0 aromatic carbocycles. The molecule has 0 radical (unpaired) electrons. The van der Waals surface area contributed by atoms with Gasteiger partial charge in [0.15, 0.2) is 0 Å². The SMILES string of the molecule is CCCC/C=C/C=C/CCC=O. The minimum atomic E-state index is 0.638. The average molecular weight is 166 g/mol. The molecule has 1 heteroatoms. The van der Waals surface area contributed by atoms with Crippen LogP contribution in [0.1, 0.15) is 39.0 Å². The summed E-state index contributed by atoms with van der Waals surface area (Å²) in [5.74, 6) is 0. The molecule has 0 N–H and O–H groups in total. The number of hydrogen-bond acceptors (Lipinski definition) is 1. The van der Waals surface area contributed by atoms with Crippen LogP contribution in [0.15, 0.2) is 24.3 Å². The van der Waals surface area contributed by atoms with E-state index < -0.39 is 0 Å². The van der Waals surface area contributed by atoms with E-state index in [1.165, 1.54) is 12.8 Å². The molecule has 0 aliphatic carbocycles. The third-order valence-corrected chi connectivity index (χ3v) is 1.56. The lowest BCUT2D eigenvalue weighted by atomic mass is 10.2. The molecule has 0 fully saturated rings. The van der Waals surface area contributed by atoms with Gasteiger partial charge in [0.25, 0.3) is 0 Å². The van der Waals surface area contributed by atoms with E-state index in [1.807, 2.05) is 12.2 Å². The number of rotatable bonds is 7. The second-order valence-corrected chi connectivity index (χ2v) is 2.74. The lowest BCUT2D eigenvalue weighted by Crippen LogP contribution is -1.69. The summed E-state index contributed by atoms with van der Waals surface area (Å²) in [4.78, 5) is 9.93. The standard InChI is InChI=1S/C11H18O/c1-2-3-4-5-6-7-8-9-10-11-12/h5-8,11H,2-4,9-10H2,1H3/b6-5+,8-7+. The van der Waals surface area contributed by atoms with Crippen LogP contribution in [0.4, 0.5) is 0 Å². The van der Waals surface area contributed by atoms with Gasteiger partial charge in [0.2, 0.25) is 0 Å². The first-order valence-electron chi connectivity index (χ1n) is 4.67.